The molecule has 2 N–H and O–H groups in total. The molecule has 0 bridgehead atoms. The van der Waals surface area contributed by atoms with Crippen molar-refractivity contribution < 1.29 is 14.3 Å². The van der Waals surface area contributed by atoms with Gasteiger partial charge in [-0.2, -0.15) is 5.26 Å². The van der Waals surface area contributed by atoms with Crippen molar-refractivity contribution in [3.63, 3.8) is 0 Å². The van der Waals surface area contributed by atoms with Gasteiger partial charge in [0.05, 0.1) is 12.2 Å². The Morgan fingerprint density at radius 2 is 2.04 bits per heavy atom. The number of hydrogen-bond acceptors (Lipinski definition) is 6. The molecule has 0 aliphatic carbocycles. The van der Waals surface area contributed by atoms with E-state index in [1.54, 1.807) is 37.4 Å². The van der Waals surface area contributed by atoms with Crippen LogP contribution in [-0.4, -0.2) is 23.5 Å². The minimum atomic E-state index is -0.584. The van der Waals surface area contributed by atoms with Gasteiger partial charge in [-0.05, 0) is 43.3 Å². The second-order valence-corrected chi connectivity index (χ2v) is 5.84. The van der Waals surface area contributed by atoms with Crippen molar-refractivity contribution in [3.8, 4) is 6.07 Å². The predicted molar refractivity (Wildman–Crippen MR) is 100 cm³/mol. The smallest absolute Gasteiger partial charge is 0.338 e. The summed E-state index contributed by atoms with van der Waals surface area (Å²) in [5.74, 6) is -0.536. The first-order valence-corrected chi connectivity index (χ1v) is 8.39. The zero-order valence-electron chi connectivity index (χ0n) is 13.8. The average molecular weight is 415 g/mol. The molecule has 1 aromatic carbocycles. The number of ether oxygens (including phenoxy) is 1. The van der Waals surface area contributed by atoms with Gasteiger partial charge in [0, 0.05) is 22.6 Å². The van der Waals surface area contributed by atoms with Crippen molar-refractivity contribution in [2.45, 2.75) is 6.92 Å². The van der Waals surface area contributed by atoms with Crippen molar-refractivity contribution in [1.82, 2.24) is 4.98 Å². The van der Waals surface area contributed by atoms with Crippen LogP contribution in [0.15, 0.2) is 58.8 Å². The van der Waals surface area contributed by atoms with E-state index in [1.807, 2.05) is 6.07 Å². The lowest BCUT2D eigenvalue weighted by atomic mass is 10.2. The van der Waals surface area contributed by atoms with Crippen LogP contribution in [0.1, 0.15) is 17.3 Å². The molecule has 1 amide bonds. The number of nitrogens with zero attached hydrogens (tertiary/aromatic N) is 2. The lowest BCUT2D eigenvalue weighted by molar-refractivity contribution is -0.112. The van der Waals surface area contributed by atoms with Gasteiger partial charge in [0.25, 0.3) is 5.91 Å². The molecule has 26 heavy (non-hydrogen) atoms. The normalized spacial score (nSPS) is 10.6. The molecule has 0 radical (unpaired) electrons. The number of carbonyl (C=O) groups excluding carboxylic acids is 2. The number of nitriles is 1. The van der Waals surface area contributed by atoms with Gasteiger partial charge in [-0.15, -0.1) is 0 Å². The SMILES string of the molecule is CCOC(=O)c1ccc(NC(=O)/C(C#N)=C\Nc2cc(Br)ccn2)cc1. The van der Waals surface area contributed by atoms with Gasteiger partial charge < -0.3 is 15.4 Å². The second-order valence-electron chi connectivity index (χ2n) is 4.93. The second kappa shape index (κ2) is 9.34. The molecular formula is C18H15BrN4O3. The number of carbonyl (C=O) groups is 2. The number of esters is 1. The Morgan fingerprint density at radius 3 is 2.65 bits per heavy atom. The van der Waals surface area contributed by atoms with Gasteiger partial charge in [-0.3, -0.25) is 4.79 Å². The summed E-state index contributed by atoms with van der Waals surface area (Å²) < 4.78 is 5.70. The summed E-state index contributed by atoms with van der Waals surface area (Å²) in [7, 11) is 0. The Morgan fingerprint density at radius 1 is 1.31 bits per heavy atom. The van der Waals surface area contributed by atoms with E-state index in [0.717, 1.165) is 4.47 Å². The van der Waals surface area contributed by atoms with Crippen LogP contribution in [0.25, 0.3) is 0 Å². The third-order valence-corrected chi connectivity index (χ3v) is 3.60. The Kier molecular flexibility index (Phi) is 6.88. The van der Waals surface area contributed by atoms with Crippen LogP contribution in [0, 0.1) is 11.3 Å². The zero-order chi connectivity index (χ0) is 18.9. The molecule has 132 valence electrons. The highest BCUT2D eigenvalue weighted by atomic mass is 79.9. The lowest BCUT2D eigenvalue weighted by Gasteiger charge is -2.06. The van der Waals surface area contributed by atoms with Crippen LogP contribution < -0.4 is 10.6 Å². The summed E-state index contributed by atoms with van der Waals surface area (Å²) in [6, 6.07) is 11.5. The minimum Gasteiger partial charge on any atom is -0.462 e. The number of rotatable bonds is 6. The summed E-state index contributed by atoms with van der Waals surface area (Å²) in [5.41, 5.74) is 0.703. The molecule has 0 fully saturated rings. The van der Waals surface area contributed by atoms with Gasteiger partial charge in [0.2, 0.25) is 0 Å². The monoisotopic (exact) mass is 414 g/mol. The van der Waals surface area contributed by atoms with Gasteiger partial charge in [0.15, 0.2) is 0 Å². The molecule has 2 rings (SSSR count). The molecule has 1 heterocycles. The highest BCUT2D eigenvalue weighted by Crippen LogP contribution is 2.14. The van der Waals surface area contributed by atoms with E-state index in [0.29, 0.717) is 17.1 Å². The van der Waals surface area contributed by atoms with Crippen LogP contribution in [0.4, 0.5) is 11.5 Å². The van der Waals surface area contributed by atoms with Crippen LogP contribution in [-0.2, 0) is 9.53 Å². The van der Waals surface area contributed by atoms with Crippen molar-refractivity contribution in [3.05, 3.63) is 64.4 Å². The van der Waals surface area contributed by atoms with E-state index in [1.165, 1.54) is 18.3 Å². The molecule has 7 nitrogen and oxygen atoms in total. The average Bonchev–Trinajstić information content (AvgIpc) is 2.63. The topological polar surface area (TPSA) is 104 Å². The summed E-state index contributed by atoms with van der Waals surface area (Å²) >= 11 is 3.31. The molecule has 0 unspecified atom stereocenters. The number of halogens is 1. The number of amides is 1. The van der Waals surface area contributed by atoms with Crippen molar-refractivity contribution >= 4 is 39.3 Å². The molecule has 0 saturated carbocycles. The molecule has 0 atom stereocenters. The summed E-state index contributed by atoms with van der Waals surface area (Å²) in [6.07, 6.45) is 2.86. The molecule has 2 aromatic rings. The molecular weight excluding hydrogens is 400 g/mol. The van der Waals surface area contributed by atoms with E-state index in [2.05, 4.69) is 31.5 Å². The highest BCUT2D eigenvalue weighted by molar-refractivity contribution is 9.10. The number of hydrogen-bond donors (Lipinski definition) is 2. The maximum atomic E-state index is 12.2. The first-order chi connectivity index (χ1) is 12.5. The standard InChI is InChI=1S/C18H15BrN4O3/c1-2-26-18(25)12-3-5-15(6-4-12)23-17(24)13(10-20)11-22-16-9-14(19)7-8-21-16/h3-9,11H,2H2,1H3,(H,21,22)(H,23,24)/b13-11-. The van der Waals surface area contributed by atoms with E-state index < -0.39 is 11.9 Å². The lowest BCUT2D eigenvalue weighted by Crippen LogP contribution is -2.15. The van der Waals surface area contributed by atoms with Gasteiger partial charge in [0.1, 0.15) is 17.5 Å². The number of aromatic nitrogens is 1. The number of benzene rings is 1. The van der Waals surface area contributed by atoms with Crippen molar-refractivity contribution in [2.24, 2.45) is 0 Å². The van der Waals surface area contributed by atoms with Crippen LogP contribution in [0.3, 0.4) is 0 Å². The summed E-state index contributed by atoms with van der Waals surface area (Å²) in [6.45, 7) is 2.01. The van der Waals surface area contributed by atoms with Gasteiger partial charge in [-0.1, -0.05) is 15.9 Å². The largest absolute Gasteiger partial charge is 0.462 e. The third kappa shape index (κ3) is 5.43. The fourth-order valence-corrected chi connectivity index (χ4v) is 2.22. The highest BCUT2D eigenvalue weighted by Gasteiger charge is 2.11. The summed E-state index contributed by atoms with van der Waals surface area (Å²) in [5, 5.41) is 14.6. The predicted octanol–water partition coefficient (Wildman–Crippen LogP) is 3.48. The molecule has 0 saturated heterocycles. The van der Waals surface area contributed by atoms with E-state index in [9.17, 15) is 14.9 Å². The van der Waals surface area contributed by atoms with Crippen LogP contribution in [0.5, 0.6) is 0 Å². The molecule has 0 aliphatic rings. The fourth-order valence-electron chi connectivity index (χ4n) is 1.88. The Bertz CT molecular complexity index is 873. The minimum absolute atomic E-state index is 0.124. The number of pyridine rings is 1. The van der Waals surface area contributed by atoms with E-state index >= 15 is 0 Å². The maximum absolute atomic E-state index is 12.2. The third-order valence-electron chi connectivity index (χ3n) is 3.11. The van der Waals surface area contributed by atoms with Gasteiger partial charge in [-0.25, -0.2) is 9.78 Å². The molecule has 1 aromatic heterocycles. The Hall–Kier alpha value is -3.18. The van der Waals surface area contributed by atoms with Gasteiger partial charge >= 0.3 is 5.97 Å². The molecule has 0 spiro atoms. The zero-order valence-corrected chi connectivity index (χ0v) is 15.4. The first-order valence-electron chi connectivity index (χ1n) is 7.60. The summed E-state index contributed by atoms with van der Waals surface area (Å²) in [4.78, 5) is 27.8. The van der Waals surface area contributed by atoms with E-state index in [4.69, 9.17) is 4.74 Å². The van der Waals surface area contributed by atoms with E-state index in [-0.39, 0.29) is 12.2 Å². The Balaban J connectivity index is 2.03. The molecule has 0 aliphatic heterocycles. The first kappa shape index (κ1) is 19.1. The quantitative estimate of drug-likeness (QED) is 0.425. The maximum Gasteiger partial charge on any atom is 0.338 e. The fraction of sp³-hybridized carbons (Fsp3) is 0.111. The van der Waals surface area contributed by atoms with Crippen molar-refractivity contribution in [1.29, 1.82) is 5.26 Å². The van der Waals surface area contributed by atoms with Crippen molar-refractivity contribution in [2.75, 3.05) is 17.2 Å². The molecule has 8 heteroatoms. The number of nitrogens with one attached hydrogen (secondary N) is 2. The number of anilines is 2. The van der Waals surface area contributed by atoms with Crippen LogP contribution in [0.2, 0.25) is 0 Å². The Labute approximate surface area is 158 Å². The van der Waals surface area contributed by atoms with Crippen LogP contribution >= 0.6 is 15.9 Å².